The second-order valence-electron chi connectivity index (χ2n) is 4.87. The summed E-state index contributed by atoms with van der Waals surface area (Å²) in [5.74, 6) is -0.307. The number of halogens is 2. The van der Waals surface area contributed by atoms with Crippen molar-refractivity contribution in [2.75, 3.05) is 13.2 Å². The van der Waals surface area contributed by atoms with Gasteiger partial charge in [-0.2, -0.15) is 0 Å². The zero-order valence-corrected chi connectivity index (χ0v) is 11.2. The van der Waals surface area contributed by atoms with Crippen molar-refractivity contribution in [3.05, 3.63) is 34.6 Å². The summed E-state index contributed by atoms with van der Waals surface area (Å²) >= 11 is 6.05. The minimum atomic E-state index is -0.307. The number of hydrogen-bond acceptors (Lipinski definition) is 2. The van der Waals surface area contributed by atoms with E-state index in [0.717, 1.165) is 5.56 Å². The van der Waals surface area contributed by atoms with Crippen LogP contribution in [0.5, 0.6) is 0 Å². The predicted octanol–water partition coefficient (Wildman–Crippen LogP) is 3.22. The Hall–Kier alpha value is -0.640. The molecule has 0 aliphatic heterocycles. The fraction of sp³-hybridized carbons (Fsp3) is 0.571. The first kappa shape index (κ1) is 13.8. The van der Waals surface area contributed by atoms with Crippen molar-refractivity contribution in [3.63, 3.8) is 0 Å². The van der Waals surface area contributed by atoms with Crippen molar-refractivity contribution in [1.82, 2.24) is 4.90 Å². The molecule has 4 heteroatoms. The smallest absolute Gasteiger partial charge is 0.124 e. The molecule has 100 valence electrons. The molecule has 1 aliphatic carbocycles. The van der Waals surface area contributed by atoms with Crippen LogP contribution in [0, 0.1) is 5.82 Å². The van der Waals surface area contributed by atoms with E-state index < -0.39 is 0 Å². The minimum absolute atomic E-state index is 0.148. The Bertz CT molecular complexity index is 393. The zero-order valence-electron chi connectivity index (χ0n) is 10.4. The lowest BCUT2D eigenvalue weighted by atomic mass is 10.1. The maximum absolute atomic E-state index is 13.0. The molecule has 2 rings (SSSR count). The molecule has 1 aromatic carbocycles. The summed E-state index contributed by atoms with van der Waals surface area (Å²) in [5.41, 5.74) is 0.929. The topological polar surface area (TPSA) is 23.5 Å². The Morgan fingerprint density at radius 3 is 2.67 bits per heavy atom. The lowest BCUT2D eigenvalue weighted by molar-refractivity contribution is 0.145. The Labute approximate surface area is 112 Å². The van der Waals surface area contributed by atoms with Crippen molar-refractivity contribution >= 4 is 11.6 Å². The van der Waals surface area contributed by atoms with Gasteiger partial charge < -0.3 is 5.11 Å². The quantitative estimate of drug-likeness (QED) is 0.889. The van der Waals surface area contributed by atoms with Gasteiger partial charge in [0.1, 0.15) is 5.82 Å². The second-order valence-corrected chi connectivity index (χ2v) is 5.28. The summed E-state index contributed by atoms with van der Waals surface area (Å²) in [7, 11) is 0. The van der Waals surface area contributed by atoms with E-state index in [9.17, 15) is 4.39 Å². The molecule has 0 saturated heterocycles. The van der Waals surface area contributed by atoms with Crippen LogP contribution in [0.1, 0.15) is 31.2 Å². The third-order valence-corrected chi connectivity index (χ3v) is 3.97. The molecule has 2 nitrogen and oxygen atoms in total. The molecule has 0 atom stereocenters. The van der Waals surface area contributed by atoms with Crippen LogP contribution in [0.3, 0.4) is 0 Å². The van der Waals surface area contributed by atoms with Crippen molar-refractivity contribution in [2.45, 2.75) is 38.3 Å². The van der Waals surface area contributed by atoms with Crippen LogP contribution in [-0.2, 0) is 6.54 Å². The maximum atomic E-state index is 13.0. The molecular weight excluding hydrogens is 253 g/mol. The first-order valence-corrected chi connectivity index (χ1v) is 6.87. The average molecular weight is 272 g/mol. The van der Waals surface area contributed by atoms with Crippen molar-refractivity contribution in [1.29, 1.82) is 0 Å². The van der Waals surface area contributed by atoms with E-state index in [1.807, 2.05) is 0 Å². The molecule has 1 saturated carbocycles. The van der Waals surface area contributed by atoms with Crippen LogP contribution >= 0.6 is 11.6 Å². The first-order chi connectivity index (χ1) is 8.70. The lowest BCUT2D eigenvalue weighted by Gasteiger charge is -2.28. The van der Waals surface area contributed by atoms with Crippen LogP contribution in [0.2, 0.25) is 5.02 Å². The highest BCUT2D eigenvalue weighted by molar-refractivity contribution is 6.31. The van der Waals surface area contributed by atoms with Crippen molar-refractivity contribution in [2.24, 2.45) is 0 Å². The SMILES string of the molecule is OCCN(Cc1ccc(F)cc1Cl)C1CCCC1. The Morgan fingerprint density at radius 2 is 2.06 bits per heavy atom. The summed E-state index contributed by atoms with van der Waals surface area (Å²) in [6, 6.07) is 5.05. The summed E-state index contributed by atoms with van der Waals surface area (Å²) in [6.45, 7) is 1.48. The third-order valence-electron chi connectivity index (χ3n) is 3.62. The van der Waals surface area contributed by atoms with Crippen LogP contribution in [-0.4, -0.2) is 29.2 Å². The van der Waals surface area contributed by atoms with E-state index in [1.165, 1.54) is 37.8 Å². The second kappa shape index (κ2) is 6.50. The summed E-state index contributed by atoms with van der Waals surface area (Å²) < 4.78 is 13.0. The Morgan fingerprint density at radius 1 is 1.33 bits per heavy atom. The van der Waals surface area contributed by atoms with Crippen molar-refractivity contribution < 1.29 is 9.50 Å². The van der Waals surface area contributed by atoms with E-state index in [4.69, 9.17) is 16.7 Å². The highest BCUT2D eigenvalue weighted by Crippen LogP contribution is 2.26. The minimum Gasteiger partial charge on any atom is -0.395 e. The highest BCUT2D eigenvalue weighted by Gasteiger charge is 2.22. The van der Waals surface area contributed by atoms with Gasteiger partial charge in [0, 0.05) is 24.2 Å². The van der Waals surface area contributed by atoms with Gasteiger partial charge in [-0.05, 0) is 30.5 Å². The number of aliphatic hydroxyl groups is 1. The normalized spacial score (nSPS) is 16.7. The third kappa shape index (κ3) is 3.44. The number of aliphatic hydroxyl groups excluding tert-OH is 1. The summed E-state index contributed by atoms with van der Waals surface area (Å²) in [5, 5.41) is 9.62. The van der Waals surface area contributed by atoms with E-state index in [-0.39, 0.29) is 12.4 Å². The van der Waals surface area contributed by atoms with Gasteiger partial charge in [-0.3, -0.25) is 4.90 Å². The molecule has 18 heavy (non-hydrogen) atoms. The van der Waals surface area contributed by atoms with Gasteiger partial charge in [0.15, 0.2) is 0 Å². The van der Waals surface area contributed by atoms with Gasteiger partial charge in [0.05, 0.1) is 6.61 Å². The monoisotopic (exact) mass is 271 g/mol. The van der Waals surface area contributed by atoms with E-state index in [1.54, 1.807) is 6.07 Å². The van der Waals surface area contributed by atoms with Gasteiger partial charge >= 0.3 is 0 Å². The van der Waals surface area contributed by atoms with Gasteiger partial charge in [-0.25, -0.2) is 4.39 Å². The number of hydrogen-bond donors (Lipinski definition) is 1. The average Bonchev–Trinajstić information content (AvgIpc) is 2.85. The van der Waals surface area contributed by atoms with E-state index >= 15 is 0 Å². The fourth-order valence-corrected chi connectivity index (χ4v) is 2.88. The van der Waals surface area contributed by atoms with Gasteiger partial charge in [0.25, 0.3) is 0 Å². The fourth-order valence-electron chi connectivity index (χ4n) is 2.66. The first-order valence-electron chi connectivity index (χ1n) is 6.49. The molecule has 0 heterocycles. The predicted molar refractivity (Wildman–Crippen MR) is 71.2 cm³/mol. The molecule has 0 spiro atoms. The van der Waals surface area contributed by atoms with Crippen LogP contribution < -0.4 is 0 Å². The number of rotatable bonds is 5. The van der Waals surface area contributed by atoms with Crippen LogP contribution in [0.25, 0.3) is 0 Å². The molecular formula is C14H19ClFNO. The molecule has 0 unspecified atom stereocenters. The Balaban J connectivity index is 2.07. The van der Waals surface area contributed by atoms with E-state index in [2.05, 4.69) is 4.90 Å². The summed E-state index contributed by atoms with van der Waals surface area (Å²) in [6.07, 6.45) is 4.87. The largest absolute Gasteiger partial charge is 0.395 e. The molecule has 1 fully saturated rings. The molecule has 0 amide bonds. The van der Waals surface area contributed by atoms with E-state index in [0.29, 0.717) is 24.2 Å². The molecule has 0 bridgehead atoms. The molecule has 1 aromatic rings. The Kier molecular flexibility index (Phi) is 4.98. The molecule has 1 N–H and O–H groups in total. The van der Waals surface area contributed by atoms with Crippen LogP contribution in [0.15, 0.2) is 18.2 Å². The number of nitrogens with zero attached hydrogens (tertiary/aromatic N) is 1. The molecule has 1 aliphatic rings. The van der Waals surface area contributed by atoms with Gasteiger partial charge in [-0.1, -0.05) is 30.5 Å². The van der Waals surface area contributed by atoms with Gasteiger partial charge in [0.2, 0.25) is 0 Å². The lowest BCUT2D eigenvalue weighted by Crippen LogP contribution is -2.35. The standard InChI is InChI=1S/C14H19ClFNO/c15-14-9-12(16)6-5-11(14)10-17(7-8-18)13-3-1-2-4-13/h5-6,9,13,18H,1-4,7-8,10H2. The molecule has 0 aromatic heterocycles. The van der Waals surface area contributed by atoms with Gasteiger partial charge in [-0.15, -0.1) is 0 Å². The van der Waals surface area contributed by atoms with Crippen molar-refractivity contribution in [3.8, 4) is 0 Å². The zero-order chi connectivity index (χ0) is 13.0. The van der Waals surface area contributed by atoms with Crippen LogP contribution in [0.4, 0.5) is 4.39 Å². The number of benzene rings is 1. The molecule has 0 radical (unpaired) electrons. The summed E-state index contributed by atoms with van der Waals surface area (Å²) in [4.78, 5) is 2.26. The maximum Gasteiger partial charge on any atom is 0.124 e. The highest BCUT2D eigenvalue weighted by atomic mass is 35.5.